The first-order valence-corrected chi connectivity index (χ1v) is 11.3. The van der Waals surface area contributed by atoms with Crippen molar-refractivity contribution in [2.45, 2.75) is 18.1 Å². The van der Waals surface area contributed by atoms with Crippen LogP contribution >= 0.6 is 15.9 Å². The zero-order valence-corrected chi connectivity index (χ0v) is 18.7. The second kappa shape index (κ2) is 7.78. The van der Waals surface area contributed by atoms with E-state index in [2.05, 4.69) is 20.9 Å². The van der Waals surface area contributed by atoms with Crippen LogP contribution in [0, 0.1) is 21.7 Å². The number of pyridine rings is 1. The second-order valence-electron chi connectivity index (χ2n) is 7.23. The maximum Gasteiger partial charge on any atom is 0.308 e. The van der Waals surface area contributed by atoms with E-state index in [0.717, 1.165) is 3.97 Å². The normalized spacial score (nSPS) is 18.9. The Hall–Kier alpha value is -3.12. The van der Waals surface area contributed by atoms with Crippen molar-refractivity contribution in [3.8, 4) is 5.75 Å². The molecule has 12 heteroatoms. The molecule has 0 bridgehead atoms. The van der Waals surface area contributed by atoms with Gasteiger partial charge < -0.3 is 4.74 Å². The van der Waals surface area contributed by atoms with E-state index in [0.29, 0.717) is 22.0 Å². The van der Waals surface area contributed by atoms with Gasteiger partial charge in [0.25, 0.3) is 0 Å². The largest absolute Gasteiger partial charge is 0.455 e. The first-order valence-electron chi connectivity index (χ1n) is 9.10. The van der Waals surface area contributed by atoms with Gasteiger partial charge in [0, 0.05) is 34.7 Å². The molecule has 1 atom stereocenters. The number of benzene rings is 1. The molecule has 2 aromatic heterocycles. The molecule has 0 aliphatic heterocycles. The number of aromatic nitrogens is 2. The van der Waals surface area contributed by atoms with Gasteiger partial charge in [-0.15, -0.1) is 0 Å². The Morgan fingerprint density at radius 2 is 2.03 bits per heavy atom. The van der Waals surface area contributed by atoms with Gasteiger partial charge in [-0.3, -0.25) is 10.1 Å². The highest BCUT2D eigenvalue weighted by Crippen LogP contribution is 2.39. The van der Waals surface area contributed by atoms with Crippen molar-refractivity contribution in [2.24, 2.45) is 0 Å². The molecular formula is C20H14BrF2N3O5S. The maximum absolute atomic E-state index is 14.5. The molecule has 0 N–H and O–H groups in total. The lowest BCUT2D eigenvalue weighted by atomic mass is 10.0. The minimum absolute atomic E-state index is 0.104. The zero-order valence-electron chi connectivity index (χ0n) is 16.3. The summed E-state index contributed by atoms with van der Waals surface area (Å²) in [4.78, 5) is 14.1. The number of rotatable bonds is 5. The van der Waals surface area contributed by atoms with Crippen molar-refractivity contribution in [1.82, 2.24) is 8.96 Å². The summed E-state index contributed by atoms with van der Waals surface area (Å²) in [7, 11) is -4.11. The molecule has 4 rings (SSSR count). The fourth-order valence-corrected chi connectivity index (χ4v) is 5.98. The Bertz CT molecular complexity index is 1430. The van der Waals surface area contributed by atoms with E-state index in [1.54, 1.807) is 18.2 Å². The molecule has 0 saturated heterocycles. The van der Waals surface area contributed by atoms with Gasteiger partial charge in [0.1, 0.15) is 10.5 Å². The predicted octanol–water partition coefficient (Wildman–Crippen LogP) is 4.80. The molecule has 0 saturated carbocycles. The number of hydrogen-bond donors (Lipinski definition) is 0. The van der Waals surface area contributed by atoms with E-state index in [4.69, 9.17) is 4.74 Å². The van der Waals surface area contributed by atoms with Gasteiger partial charge in [0.15, 0.2) is 11.5 Å². The summed E-state index contributed by atoms with van der Waals surface area (Å²) in [5, 5.41) is 11.6. The van der Waals surface area contributed by atoms with Crippen molar-refractivity contribution in [1.29, 1.82) is 0 Å². The van der Waals surface area contributed by atoms with E-state index in [1.165, 1.54) is 31.5 Å². The maximum atomic E-state index is 14.5. The van der Waals surface area contributed by atoms with Crippen molar-refractivity contribution in [3.05, 3.63) is 86.9 Å². The highest BCUT2D eigenvalue weighted by Gasteiger charge is 2.43. The third-order valence-corrected chi connectivity index (χ3v) is 7.70. The van der Waals surface area contributed by atoms with Crippen LogP contribution in [0.5, 0.6) is 5.75 Å². The summed E-state index contributed by atoms with van der Waals surface area (Å²) < 4.78 is 60.8. The fraction of sp³-hybridized carbons (Fsp3) is 0.150. The lowest BCUT2D eigenvalue weighted by Gasteiger charge is -2.30. The Kier molecular flexibility index (Phi) is 5.37. The van der Waals surface area contributed by atoms with Crippen molar-refractivity contribution >= 4 is 42.7 Å². The lowest BCUT2D eigenvalue weighted by molar-refractivity contribution is -0.387. The highest BCUT2D eigenvalue weighted by atomic mass is 79.9. The van der Waals surface area contributed by atoms with Crippen molar-refractivity contribution < 1.29 is 26.9 Å². The lowest BCUT2D eigenvalue weighted by Crippen LogP contribution is -2.40. The van der Waals surface area contributed by atoms with Gasteiger partial charge in [-0.2, -0.15) is 4.39 Å². The number of nitro benzene ring substituents is 1. The molecule has 0 amide bonds. The Morgan fingerprint density at radius 1 is 1.28 bits per heavy atom. The van der Waals surface area contributed by atoms with Crippen molar-refractivity contribution in [3.63, 3.8) is 0 Å². The van der Waals surface area contributed by atoms with Gasteiger partial charge in [-0.1, -0.05) is 15.9 Å². The molecule has 1 aromatic carbocycles. The molecule has 0 radical (unpaired) electrons. The molecule has 166 valence electrons. The third kappa shape index (κ3) is 3.58. The molecule has 32 heavy (non-hydrogen) atoms. The average molecular weight is 526 g/mol. The van der Waals surface area contributed by atoms with Crippen molar-refractivity contribution in [2.75, 3.05) is 0 Å². The van der Waals surface area contributed by atoms with Crippen LogP contribution in [0.1, 0.15) is 13.3 Å². The quantitative estimate of drug-likeness (QED) is 0.349. The van der Waals surface area contributed by atoms with Gasteiger partial charge in [-0.05, 0) is 43.3 Å². The topological polar surface area (TPSA) is 104 Å². The van der Waals surface area contributed by atoms with Crippen LogP contribution in [0.4, 0.5) is 14.5 Å². The molecule has 1 unspecified atom stereocenters. The number of allylic oxidation sites excluding steroid dienone is 3. The molecule has 0 spiro atoms. The Balaban J connectivity index is 1.74. The summed E-state index contributed by atoms with van der Waals surface area (Å²) in [5.41, 5.74) is -0.737. The van der Waals surface area contributed by atoms with Gasteiger partial charge in [0.2, 0.25) is 21.6 Å². The molecule has 2 heterocycles. The Labute approximate surface area is 189 Å². The minimum atomic E-state index is -4.11. The van der Waals surface area contributed by atoms with Crippen LogP contribution < -0.4 is 4.74 Å². The third-order valence-electron chi connectivity index (χ3n) is 4.99. The predicted molar refractivity (Wildman–Crippen MR) is 116 cm³/mol. The number of ether oxygens (including phenoxy) is 1. The van der Waals surface area contributed by atoms with Gasteiger partial charge in [-0.25, -0.2) is 21.8 Å². The van der Waals surface area contributed by atoms with Crippen LogP contribution in [0.2, 0.25) is 0 Å². The van der Waals surface area contributed by atoms with E-state index >= 15 is 0 Å². The van der Waals surface area contributed by atoms with E-state index < -0.39 is 42.8 Å². The summed E-state index contributed by atoms with van der Waals surface area (Å²) in [6.07, 6.45) is 5.33. The standard InChI is InChI=1S/C20H14BrF2N3O5S/c1-20(32(29,30)25-8-6-12-3-2-7-24-19(12)25)10-13(21)9-14(11-20)31-18-15(22)4-5-16(17(18)23)26(27)28/h2-10H,11H2,1H3. The van der Waals surface area contributed by atoms with E-state index in [9.17, 15) is 27.3 Å². The second-order valence-corrected chi connectivity index (χ2v) is 10.4. The highest BCUT2D eigenvalue weighted by molar-refractivity contribution is 9.11. The number of hydrogen-bond acceptors (Lipinski definition) is 6. The van der Waals surface area contributed by atoms with Crippen LogP contribution in [-0.4, -0.2) is 27.0 Å². The molecule has 0 fully saturated rings. The smallest absolute Gasteiger partial charge is 0.308 e. The molecule has 1 aliphatic carbocycles. The SMILES string of the molecule is CC1(S(=O)(=O)n2ccc3cccnc32)C=C(Br)C=C(Oc2c(F)ccc([N+](=O)[O-])c2F)C1. The monoisotopic (exact) mass is 525 g/mol. The minimum Gasteiger partial charge on any atom is -0.455 e. The first kappa shape index (κ1) is 22.1. The van der Waals surface area contributed by atoms with Crippen LogP contribution in [-0.2, 0) is 10.0 Å². The summed E-state index contributed by atoms with van der Waals surface area (Å²) in [6.45, 7) is 1.43. The van der Waals surface area contributed by atoms with Crippen LogP contribution in [0.3, 0.4) is 0 Å². The summed E-state index contributed by atoms with van der Waals surface area (Å²) >= 11 is 3.22. The fourth-order valence-electron chi connectivity index (χ4n) is 3.42. The van der Waals surface area contributed by atoms with Crippen LogP contribution in [0.15, 0.2) is 65.1 Å². The number of halogens is 3. The molecule has 8 nitrogen and oxygen atoms in total. The number of nitro groups is 1. The molecule has 3 aromatic rings. The number of fused-ring (bicyclic) bond motifs is 1. The van der Waals surface area contributed by atoms with E-state index in [-0.39, 0.29) is 17.8 Å². The Morgan fingerprint density at radius 3 is 2.75 bits per heavy atom. The zero-order chi connectivity index (χ0) is 23.3. The summed E-state index contributed by atoms with van der Waals surface area (Å²) in [6, 6.07) is 6.38. The number of nitrogens with zero attached hydrogens (tertiary/aromatic N) is 3. The average Bonchev–Trinajstić information content (AvgIpc) is 3.15. The van der Waals surface area contributed by atoms with Crippen LogP contribution in [0.25, 0.3) is 11.0 Å². The molecule has 1 aliphatic rings. The summed E-state index contributed by atoms with van der Waals surface area (Å²) in [5.74, 6) is -3.75. The van der Waals surface area contributed by atoms with E-state index in [1.807, 2.05) is 0 Å². The van der Waals surface area contributed by atoms with Gasteiger partial charge >= 0.3 is 5.69 Å². The first-order chi connectivity index (χ1) is 15.0. The van der Waals surface area contributed by atoms with Gasteiger partial charge in [0.05, 0.1) is 4.92 Å². The molecular weight excluding hydrogens is 512 g/mol.